The first-order chi connectivity index (χ1) is 5.80. The highest BCUT2D eigenvalue weighted by molar-refractivity contribution is 5.90. The number of hydrogen-bond acceptors (Lipinski definition) is 2. The largest absolute Gasteiger partial charge is 0.462 e. The van der Waals surface area contributed by atoms with Crippen molar-refractivity contribution in [2.24, 2.45) is 0 Å². The van der Waals surface area contributed by atoms with Crippen molar-refractivity contribution in [1.82, 2.24) is 0 Å². The lowest BCUT2D eigenvalue weighted by atomic mass is 10.1. The highest BCUT2D eigenvalue weighted by Crippen LogP contribution is 2.28. The summed E-state index contributed by atoms with van der Waals surface area (Å²) in [4.78, 5) is 10.8. The molecule has 0 saturated heterocycles. The van der Waals surface area contributed by atoms with Crippen LogP contribution in [0.1, 0.15) is 20.8 Å². The van der Waals surface area contributed by atoms with Crippen molar-refractivity contribution in [3.8, 4) is 0 Å². The fraction of sp³-hybridized carbons (Fsp3) is 0.625. The van der Waals surface area contributed by atoms with Gasteiger partial charge in [0, 0.05) is 0 Å². The molecule has 0 spiro atoms. The molecule has 76 valence electrons. The summed E-state index contributed by atoms with van der Waals surface area (Å²) in [5, 5.41) is 0. The van der Waals surface area contributed by atoms with Crippen molar-refractivity contribution in [3.63, 3.8) is 0 Å². The molecule has 0 aliphatic carbocycles. The van der Waals surface area contributed by atoms with Crippen molar-refractivity contribution in [1.29, 1.82) is 0 Å². The first-order valence-electron chi connectivity index (χ1n) is 3.72. The van der Waals surface area contributed by atoms with E-state index in [0.717, 1.165) is 0 Å². The molecule has 13 heavy (non-hydrogen) atoms. The summed E-state index contributed by atoms with van der Waals surface area (Å²) in [6, 6.07) is 0. The fourth-order valence-corrected chi connectivity index (χ4v) is 0.807. The summed E-state index contributed by atoms with van der Waals surface area (Å²) in [6.07, 6.45) is -4.63. The fourth-order valence-electron chi connectivity index (χ4n) is 0.807. The van der Waals surface area contributed by atoms with E-state index >= 15 is 0 Å². The predicted molar refractivity (Wildman–Crippen MR) is 41.1 cm³/mol. The zero-order valence-corrected chi connectivity index (χ0v) is 7.66. The molecular formula is C8H11F3O2. The third kappa shape index (κ3) is 3.48. The van der Waals surface area contributed by atoms with Crippen molar-refractivity contribution in [2.75, 3.05) is 6.61 Å². The molecular weight excluding hydrogens is 185 g/mol. The number of hydrogen-bond donors (Lipinski definition) is 0. The van der Waals surface area contributed by atoms with E-state index in [9.17, 15) is 18.0 Å². The lowest BCUT2D eigenvalue weighted by molar-refractivity contribution is -0.150. The molecule has 0 fully saturated rings. The van der Waals surface area contributed by atoms with Gasteiger partial charge in [-0.25, -0.2) is 4.79 Å². The summed E-state index contributed by atoms with van der Waals surface area (Å²) in [6.45, 7) is 3.84. The standard InChI is InChI=1S/C8H11F3O2/c1-4-13-7(12)6(5(2)3)8(9,10)11/h4H2,1-3H3. The van der Waals surface area contributed by atoms with Gasteiger partial charge in [-0.3, -0.25) is 0 Å². The SMILES string of the molecule is CCOC(=O)C(=C(C)C)C(F)(F)F. The van der Waals surface area contributed by atoms with Crippen LogP contribution in [-0.4, -0.2) is 18.8 Å². The van der Waals surface area contributed by atoms with E-state index in [1.807, 2.05) is 0 Å². The van der Waals surface area contributed by atoms with Gasteiger partial charge in [-0.15, -0.1) is 0 Å². The highest BCUT2D eigenvalue weighted by Gasteiger charge is 2.40. The van der Waals surface area contributed by atoms with Crippen molar-refractivity contribution in [2.45, 2.75) is 26.9 Å². The Morgan fingerprint density at radius 3 is 2.00 bits per heavy atom. The average molecular weight is 196 g/mol. The number of carbonyl (C=O) groups excluding carboxylic acids is 1. The van der Waals surface area contributed by atoms with Gasteiger partial charge in [0.15, 0.2) is 0 Å². The van der Waals surface area contributed by atoms with Gasteiger partial charge in [-0.2, -0.15) is 13.2 Å². The lowest BCUT2D eigenvalue weighted by Gasteiger charge is -2.11. The van der Waals surface area contributed by atoms with Crippen LogP contribution in [0.4, 0.5) is 13.2 Å². The van der Waals surface area contributed by atoms with Crippen molar-refractivity contribution >= 4 is 5.97 Å². The number of alkyl halides is 3. The summed E-state index contributed by atoms with van der Waals surface area (Å²) < 4.78 is 40.8. The van der Waals surface area contributed by atoms with Crippen LogP contribution in [-0.2, 0) is 9.53 Å². The molecule has 0 aliphatic rings. The Morgan fingerprint density at radius 1 is 1.31 bits per heavy atom. The van der Waals surface area contributed by atoms with Gasteiger partial charge in [-0.05, 0) is 20.8 Å². The Balaban J connectivity index is 4.87. The Morgan fingerprint density at radius 2 is 1.77 bits per heavy atom. The van der Waals surface area contributed by atoms with Gasteiger partial charge >= 0.3 is 12.1 Å². The van der Waals surface area contributed by atoms with Crippen molar-refractivity contribution in [3.05, 3.63) is 11.1 Å². The Bertz CT molecular complexity index is 224. The zero-order chi connectivity index (χ0) is 10.6. The van der Waals surface area contributed by atoms with E-state index in [2.05, 4.69) is 4.74 Å². The molecule has 0 rings (SSSR count). The maximum absolute atomic E-state index is 12.2. The van der Waals surface area contributed by atoms with E-state index in [1.54, 1.807) is 0 Å². The van der Waals surface area contributed by atoms with E-state index in [-0.39, 0.29) is 12.2 Å². The molecule has 0 N–H and O–H groups in total. The van der Waals surface area contributed by atoms with Gasteiger partial charge in [0.1, 0.15) is 5.57 Å². The molecule has 0 radical (unpaired) electrons. The average Bonchev–Trinajstić information content (AvgIpc) is 1.82. The molecule has 0 aromatic heterocycles. The molecule has 0 atom stereocenters. The second-order valence-corrected chi connectivity index (χ2v) is 2.59. The van der Waals surface area contributed by atoms with Crippen LogP contribution < -0.4 is 0 Å². The monoisotopic (exact) mass is 196 g/mol. The smallest absolute Gasteiger partial charge is 0.423 e. The molecule has 0 heterocycles. The number of halogens is 3. The Kier molecular flexibility index (Phi) is 3.97. The number of rotatable bonds is 2. The maximum Gasteiger partial charge on any atom is 0.423 e. The van der Waals surface area contributed by atoms with Crippen LogP contribution in [0.3, 0.4) is 0 Å². The molecule has 0 bridgehead atoms. The highest BCUT2D eigenvalue weighted by atomic mass is 19.4. The number of esters is 1. The van der Waals surface area contributed by atoms with Gasteiger partial charge in [-0.1, -0.05) is 5.57 Å². The maximum atomic E-state index is 12.2. The summed E-state index contributed by atoms with van der Waals surface area (Å²) in [5.74, 6) is -1.31. The third-order valence-electron chi connectivity index (χ3n) is 1.26. The van der Waals surface area contributed by atoms with Crippen LogP contribution in [0.15, 0.2) is 11.1 Å². The van der Waals surface area contributed by atoms with Crippen LogP contribution in [0.25, 0.3) is 0 Å². The van der Waals surface area contributed by atoms with Crippen molar-refractivity contribution < 1.29 is 22.7 Å². The quantitative estimate of drug-likeness (QED) is 0.501. The van der Waals surface area contributed by atoms with Gasteiger partial charge < -0.3 is 4.74 Å². The van der Waals surface area contributed by atoms with Crippen LogP contribution in [0.2, 0.25) is 0 Å². The van der Waals surface area contributed by atoms with Crippen LogP contribution >= 0.6 is 0 Å². The van der Waals surface area contributed by atoms with E-state index in [4.69, 9.17) is 0 Å². The van der Waals surface area contributed by atoms with E-state index < -0.39 is 17.7 Å². The van der Waals surface area contributed by atoms with E-state index in [0.29, 0.717) is 0 Å². The molecule has 2 nitrogen and oxygen atoms in total. The summed E-state index contributed by atoms with van der Waals surface area (Å²) in [5.41, 5.74) is -1.31. The Labute approximate surface area is 74.4 Å². The molecule has 0 saturated carbocycles. The van der Waals surface area contributed by atoms with Gasteiger partial charge in [0.2, 0.25) is 0 Å². The zero-order valence-electron chi connectivity index (χ0n) is 7.66. The molecule has 5 heteroatoms. The van der Waals surface area contributed by atoms with Crippen LogP contribution in [0.5, 0.6) is 0 Å². The molecule has 0 aromatic rings. The molecule has 0 aliphatic heterocycles. The number of carbonyl (C=O) groups is 1. The number of allylic oxidation sites excluding steroid dienone is 1. The van der Waals surface area contributed by atoms with E-state index in [1.165, 1.54) is 20.8 Å². The lowest BCUT2D eigenvalue weighted by Crippen LogP contribution is -2.23. The number of ether oxygens (including phenoxy) is 1. The second-order valence-electron chi connectivity index (χ2n) is 2.59. The molecule has 0 amide bonds. The third-order valence-corrected chi connectivity index (χ3v) is 1.26. The first kappa shape index (κ1) is 12.0. The predicted octanol–water partition coefficient (Wildman–Crippen LogP) is 2.45. The minimum Gasteiger partial charge on any atom is -0.462 e. The second kappa shape index (κ2) is 4.30. The molecule has 0 unspecified atom stereocenters. The van der Waals surface area contributed by atoms with Crippen LogP contribution in [0, 0.1) is 0 Å². The first-order valence-corrected chi connectivity index (χ1v) is 3.72. The molecule has 0 aromatic carbocycles. The summed E-state index contributed by atoms with van der Waals surface area (Å²) in [7, 11) is 0. The topological polar surface area (TPSA) is 26.3 Å². The van der Waals surface area contributed by atoms with Gasteiger partial charge in [0.25, 0.3) is 0 Å². The minimum absolute atomic E-state index is 0.0638. The summed E-state index contributed by atoms with van der Waals surface area (Å²) >= 11 is 0. The van der Waals surface area contributed by atoms with Gasteiger partial charge in [0.05, 0.1) is 6.61 Å². The normalized spacial score (nSPS) is 10.9. The minimum atomic E-state index is -4.63. The Hall–Kier alpha value is -1.00.